The Morgan fingerprint density at radius 1 is 0.955 bits per heavy atom. The Morgan fingerprint density at radius 3 is 2.25 bits per heavy atom. The molecule has 44 heavy (non-hydrogen) atoms. The lowest BCUT2D eigenvalue weighted by Crippen LogP contribution is -2.24. The molecular formula is C35H34N4O5. The lowest BCUT2D eigenvalue weighted by molar-refractivity contribution is -0.144. The summed E-state index contributed by atoms with van der Waals surface area (Å²) in [7, 11) is 1.28. The van der Waals surface area contributed by atoms with Gasteiger partial charge in [0.05, 0.1) is 36.0 Å². The summed E-state index contributed by atoms with van der Waals surface area (Å²) >= 11 is 0. The number of aliphatic carboxylic acids is 1. The number of carboxylic acids is 1. The molecule has 0 radical (unpaired) electrons. The number of H-pyrrole nitrogens is 2. The maximum absolute atomic E-state index is 13.2. The number of nitrogens with one attached hydrogen (secondary N) is 2. The van der Waals surface area contributed by atoms with Crippen LogP contribution in [0.3, 0.4) is 0 Å². The minimum atomic E-state index is -1.22. The van der Waals surface area contributed by atoms with Crippen molar-refractivity contribution in [2.24, 2.45) is 0 Å². The van der Waals surface area contributed by atoms with E-state index in [0.717, 1.165) is 62.4 Å². The Balaban J connectivity index is 1.87. The zero-order valence-electron chi connectivity index (χ0n) is 25.5. The molecule has 0 fully saturated rings. The second-order valence-corrected chi connectivity index (χ2v) is 11.3. The lowest BCUT2D eigenvalue weighted by Gasteiger charge is -2.15. The number of nitrogens with zero attached hydrogens (tertiary/aromatic N) is 2. The first-order chi connectivity index (χ1) is 21.0. The van der Waals surface area contributed by atoms with Crippen molar-refractivity contribution in [3.8, 4) is 0 Å². The summed E-state index contributed by atoms with van der Waals surface area (Å²) in [6.45, 7) is 14.0. The third-order valence-corrected chi connectivity index (χ3v) is 9.06. The number of aliphatic hydroxyl groups is 1. The third-order valence-electron chi connectivity index (χ3n) is 9.06. The molecule has 2 atom stereocenters. The van der Waals surface area contributed by atoms with Crippen molar-refractivity contribution in [1.82, 2.24) is 19.9 Å². The fourth-order valence-corrected chi connectivity index (χ4v) is 6.67. The van der Waals surface area contributed by atoms with Gasteiger partial charge < -0.3 is 24.9 Å². The number of fused-ring (bicyclic) bond motifs is 8. The fourth-order valence-electron chi connectivity index (χ4n) is 6.67. The SMILES string of the molecule is C=Cc1c(C)c2cc3nc(c4c5nc(cc6[nH]c(cc1[nH]2)c(C)c6CC)C(C)=C5C(O)[C@@H]4C(=O)OC)C(/C=C/C(=O)O)=C3C. The molecule has 0 saturated carbocycles. The lowest BCUT2D eigenvalue weighted by atomic mass is 9.94. The first-order valence-electron chi connectivity index (χ1n) is 14.5. The number of hydrogen-bond acceptors (Lipinski definition) is 6. The second-order valence-electron chi connectivity index (χ2n) is 11.3. The number of carbonyl (C=O) groups excluding carboxylic acids is 1. The summed E-state index contributed by atoms with van der Waals surface area (Å²) in [5.74, 6) is -2.84. The van der Waals surface area contributed by atoms with Gasteiger partial charge in [0.1, 0.15) is 5.92 Å². The van der Waals surface area contributed by atoms with Gasteiger partial charge in [-0.1, -0.05) is 19.6 Å². The van der Waals surface area contributed by atoms with E-state index in [4.69, 9.17) is 14.7 Å². The van der Waals surface area contributed by atoms with Gasteiger partial charge in [-0.3, -0.25) is 4.79 Å². The van der Waals surface area contributed by atoms with Crippen molar-refractivity contribution in [1.29, 1.82) is 0 Å². The molecule has 3 aliphatic rings. The van der Waals surface area contributed by atoms with Gasteiger partial charge in [0.25, 0.3) is 0 Å². The Morgan fingerprint density at radius 2 is 1.59 bits per heavy atom. The highest BCUT2D eigenvalue weighted by atomic mass is 16.5. The minimum Gasteiger partial charge on any atom is -0.478 e. The van der Waals surface area contributed by atoms with E-state index in [1.54, 1.807) is 0 Å². The molecule has 2 aliphatic heterocycles. The highest BCUT2D eigenvalue weighted by molar-refractivity contribution is 6.06. The highest BCUT2D eigenvalue weighted by Crippen LogP contribution is 2.50. The predicted octanol–water partition coefficient (Wildman–Crippen LogP) is 6.27. The maximum Gasteiger partial charge on any atom is 0.328 e. The van der Waals surface area contributed by atoms with Crippen molar-refractivity contribution in [2.45, 2.75) is 53.1 Å². The van der Waals surface area contributed by atoms with Gasteiger partial charge in [0.15, 0.2) is 0 Å². The summed E-state index contributed by atoms with van der Waals surface area (Å²) in [5, 5.41) is 21.1. The van der Waals surface area contributed by atoms with Crippen LogP contribution < -0.4 is 0 Å². The van der Waals surface area contributed by atoms with E-state index < -0.39 is 24.0 Å². The van der Waals surface area contributed by atoms with Crippen molar-refractivity contribution >= 4 is 62.4 Å². The number of aryl methyl sites for hydroxylation is 3. The van der Waals surface area contributed by atoms with E-state index >= 15 is 0 Å². The first kappa shape index (κ1) is 29.1. The summed E-state index contributed by atoms with van der Waals surface area (Å²) in [6.07, 6.45) is 3.92. The molecule has 1 aliphatic carbocycles. The van der Waals surface area contributed by atoms with Crippen LogP contribution in [-0.4, -0.2) is 55.3 Å². The Hall–Kier alpha value is -5.02. The maximum atomic E-state index is 13.2. The molecule has 3 aromatic heterocycles. The summed E-state index contributed by atoms with van der Waals surface area (Å²) in [6, 6.07) is 5.97. The minimum absolute atomic E-state index is 0.378. The molecule has 0 saturated heterocycles. The Kier molecular flexibility index (Phi) is 7.01. The number of aromatic nitrogens is 4. The average molecular weight is 591 g/mol. The van der Waals surface area contributed by atoms with E-state index in [1.165, 1.54) is 13.2 Å². The molecule has 6 rings (SSSR count). The van der Waals surface area contributed by atoms with E-state index in [9.17, 15) is 19.8 Å². The number of hydrogen-bond donors (Lipinski definition) is 4. The largest absolute Gasteiger partial charge is 0.478 e. The van der Waals surface area contributed by atoms with Gasteiger partial charge >= 0.3 is 11.9 Å². The van der Waals surface area contributed by atoms with Gasteiger partial charge in [-0.25, -0.2) is 14.8 Å². The molecule has 1 unspecified atom stereocenters. The van der Waals surface area contributed by atoms with Crippen LogP contribution in [0.5, 0.6) is 0 Å². The number of carboxylic acid groups (broad SMARTS) is 1. The van der Waals surface area contributed by atoms with Crippen molar-refractivity contribution in [3.05, 3.63) is 87.5 Å². The topological polar surface area (TPSA) is 141 Å². The molecule has 5 heterocycles. The fraction of sp³-hybridized carbons (Fsp3) is 0.257. The zero-order chi connectivity index (χ0) is 31.6. The molecule has 9 nitrogen and oxygen atoms in total. The molecule has 9 heteroatoms. The van der Waals surface area contributed by atoms with Gasteiger partial charge in [-0.05, 0) is 86.2 Å². The predicted molar refractivity (Wildman–Crippen MR) is 172 cm³/mol. The summed E-state index contributed by atoms with van der Waals surface area (Å²) in [5.41, 5.74) is 12.8. The monoisotopic (exact) mass is 590 g/mol. The smallest absolute Gasteiger partial charge is 0.328 e. The van der Waals surface area contributed by atoms with Gasteiger partial charge in [0.2, 0.25) is 0 Å². The normalized spacial score (nSPS) is 17.6. The van der Waals surface area contributed by atoms with Crippen LogP contribution in [0.4, 0.5) is 0 Å². The molecular weight excluding hydrogens is 556 g/mol. The molecule has 0 amide bonds. The number of aromatic amines is 2. The van der Waals surface area contributed by atoms with Crippen LogP contribution in [0.15, 0.2) is 36.9 Å². The van der Waals surface area contributed by atoms with Crippen molar-refractivity contribution in [3.63, 3.8) is 0 Å². The van der Waals surface area contributed by atoms with E-state index in [1.807, 2.05) is 39.0 Å². The average Bonchev–Trinajstić information content (AvgIpc) is 3.72. The van der Waals surface area contributed by atoms with Gasteiger partial charge in [-0.15, -0.1) is 0 Å². The standard InChI is InChI=1S/C35H34N4O5/c1-8-19-15(3)22-12-24-17(5)21(10-11-28(40)41)32(38-24)30-31(35(43)44-7)34(42)29-18(6)25(39-33(29)30)14-27-20(9-2)16(4)23(37-27)13-26(19)36-22/h8,10-14,31,34,36-37,42H,1,9H2,2-7H3,(H,40,41)/b11-10+,22-12?,23-13?,24-12?,25-14?,26-13?,27-14?,32-30?/t31-,34?/m1/s1. The van der Waals surface area contributed by atoms with Crippen LogP contribution >= 0.6 is 0 Å². The van der Waals surface area contributed by atoms with Crippen LogP contribution in [0, 0.1) is 13.8 Å². The quantitative estimate of drug-likeness (QED) is 0.203. The molecule has 3 aromatic rings. The number of esters is 1. The van der Waals surface area contributed by atoms with Crippen LogP contribution in [0.2, 0.25) is 0 Å². The van der Waals surface area contributed by atoms with Crippen molar-refractivity contribution in [2.75, 3.05) is 7.11 Å². The molecule has 4 N–H and O–H groups in total. The molecule has 8 bridgehead atoms. The second kappa shape index (κ2) is 10.6. The van der Waals surface area contributed by atoms with Crippen LogP contribution in [0.25, 0.3) is 50.4 Å². The number of ether oxygens (including phenoxy) is 1. The Labute approximate surface area is 254 Å². The molecule has 224 valence electrons. The number of allylic oxidation sites excluding steroid dienone is 4. The summed E-state index contributed by atoms with van der Waals surface area (Å²) in [4.78, 5) is 41.9. The highest BCUT2D eigenvalue weighted by Gasteiger charge is 2.47. The van der Waals surface area contributed by atoms with Crippen molar-refractivity contribution < 1.29 is 24.5 Å². The van der Waals surface area contributed by atoms with Crippen LogP contribution in [0.1, 0.15) is 77.3 Å². The van der Waals surface area contributed by atoms with Crippen LogP contribution in [-0.2, 0) is 20.7 Å². The zero-order valence-corrected chi connectivity index (χ0v) is 25.5. The van der Waals surface area contributed by atoms with E-state index in [2.05, 4.69) is 36.5 Å². The molecule has 0 aromatic carbocycles. The van der Waals surface area contributed by atoms with E-state index in [-0.39, 0.29) is 0 Å². The number of carbonyl (C=O) groups is 2. The van der Waals surface area contributed by atoms with E-state index in [0.29, 0.717) is 45.1 Å². The summed E-state index contributed by atoms with van der Waals surface area (Å²) < 4.78 is 5.15. The number of aliphatic hydroxyl groups excluding tert-OH is 1. The number of methoxy groups -OCH3 is 1. The third kappa shape index (κ3) is 4.26. The van der Waals surface area contributed by atoms with Gasteiger partial charge in [0, 0.05) is 50.4 Å². The Bertz CT molecular complexity index is 2070. The van der Waals surface area contributed by atoms with Gasteiger partial charge in [-0.2, -0.15) is 0 Å². The molecule has 0 spiro atoms. The first-order valence-corrected chi connectivity index (χ1v) is 14.5. The number of rotatable bonds is 5.